The number of nitrogens with zero attached hydrogens (tertiary/aromatic N) is 3. The molecule has 2 heterocycles. The summed E-state index contributed by atoms with van der Waals surface area (Å²) in [7, 11) is 4.36. The standard InChI is InChI=1S/C16H21BrN4/c1-20-7-5-12(6-8-20)21(2)15-4-3-14(18)13-9-11(17)10-19-16(13)15/h3-4,9-10,12H,5-8,18H2,1-2H3. The van der Waals surface area contributed by atoms with Gasteiger partial charge in [0.05, 0.1) is 11.2 Å². The molecule has 1 aromatic carbocycles. The Balaban J connectivity index is 1.98. The largest absolute Gasteiger partial charge is 0.398 e. The van der Waals surface area contributed by atoms with E-state index in [4.69, 9.17) is 5.73 Å². The first kappa shape index (κ1) is 14.6. The molecule has 1 aliphatic rings. The number of fused-ring (bicyclic) bond motifs is 1. The minimum Gasteiger partial charge on any atom is -0.398 e. The van der Waals surface area contributed by atoms with Crippen LogP contribution in [0, 0.1) is 0 Å². The van der Waals surface area contributed by atoms with E-state index in [0.717, 1.165) is 34.2 Å². The number of anilines is 2. The number of rotatable bonds is 2. The van der Waals surface area contributed by atoms with Crippen LogP contribution in [0.2, 0.25) is 0 Å². The Morgan fingerprint density at radius 3 is 2.76 bits per heavy atom. The van der Waals surface area contributed by atoms with Gasteiger partial charge in [-0.15, -0.1) is 0 Å². The van der Waals surface area contributed by atoms with Crippen LogP contribution in [0.3, 0.4) is 0 Å². The van der Waals surface area contributed by atoms with E-state index < -0.39 is 0 Å². The Kier molecular flexibility index (Phi) is 4.04. The Hall–Kier alpha value is -1.33. The first-order chi connectivity index (χ1) is 10.1. The summed E-state index contributed by atoms with van der Waals surface area (Å²) in [5, 5.41) is 1.02. The third-order valence-electron chi connectivity index (χ3n) is 4.44. The number of halogens is 1. The second-order valence-electron chi connectivity index (χ2n) is 5.87. The maximum atomic E-state index is 6.10. The maximum Gasteiger partial charge on any atom is 0.0956 e. The molecule has 1 aromatic heterocycles. The molecule has 0 bridgehead atoms. The Morgan fingerprint density at radius 2 is 2.05 bits per heavy atom. The lowest BCUT2D eigenvalue weighted by molar-refractivity contribution is 0.253. The summed E-state index contributed by atoms with van der Waals surface area (Å²) in [6, 6.07) is 6.69. The molecule has 1 aliphatic heterocycles. The van der Waals surface area contributed by atoms with Gasteiger partial charge in [-0.1, -0.05) is 0 Å². The highest BCUT2D eigenvalue weighted by atomic mass is 79.9. The molecule has 0 unspecified atom stereocenters. The number of pyridine rings is 1. The number of nitrogens with two attached hydrogens (primary N) is 1. The zero-order valence-electron chi connectivity index (χ0n) is 12.5. The molecule has 2 aromatic rings. The van der Waals surface area contributed by atoms with Crippen molar-refractivity contribution in [2.24, 2.45) is 0 Å². The van der Waals surface area contributed by atoms with Crippen LogP contribution in [0.4, 0.5) is 11.4 Å². The minimum absolute atomic E-state index is 0.568. The smallest absolute Gasteiger partial charge is 0.0956 e. The molecule has 5 heteroatoms. The molecular formula is C16H21BrN4. The second-order valence-corrected chi connectivity index (χ2v) is 6.78. The Morgan fingerprint density at radius 1 is 1.33 bits per heavy atom. The van der Waals surface area contributed by atoms with Gasteiger partial charge in [0.1, 0.15) is 0 Å². The number of nitrogen functional groups attached to an aromatic ring is 1. The van der Waals surface area contributed by atoms with E-state index in [-0.39, 0.29) is 0 Å². The summed E-state index contributed by atoms with van der Waals surface area (Å²) < 4.78 is 0.959. The van der Waals surface area contributed by atoms with Gasteiger partial charge in [-0.2, -0.15) is 0 Å². The number of hydrogen-bond acceptors (Lipinski definition) is 4. The fourth-order valence-electron chi connectivity index (χ4n) is 3.06. The Bertz CT molecular complexity index is 650. The van der Waals surface area contributed by atoms with E-state index in [1.54, 1.807) is 0 Å². The summed E-state index contributed by atoms with van der Waals surface area (Å²) in [6.45, 7) is 2.31. The number of benzene rings is 1. The lowest BCUT2D eigenvalue weighted by atomic mass is 10.0. The van der Waals surface area contributed by atoms with Crippen LogP contribution in [0.5, 0.6) is 0 Å². The van der Waals surface area contributed by atoms with Crippen LogP contribution >= 0.6 is 15.9 Å². The lowest BCUT2D eigenvalue weighted by Gasteiger charge is -2.36. The van der Waals surface area contributed by atoms with Crippen molar-refractivity contribution in [3.05, 3.63) is 28.9 Å². The normalized spacial score (nSPS) is 17.3. The van der Waals surface area contributed by atoms with Gasteiger partial charge in [-0.05, 0) is 67.1 Å². The van der Waals surface area contributed by atoms with Crippen molar-refractivity contribution in [3.63, 3.8) is 0 Å². The molecule has 0 amide bonds. The molecule has 4 nitrogen and oxygen atoms in total. The van der Waals surface area contributed by atoms with E-state index in [0.29, 0.717) is 6.04 Å². The molecule has 0 spiro atoms. The van der Waals surface area contributed by atoms with E-state index >= 15 is 0 Å². The number of hydrogen-bond donors (Lipinski definition) is 1. The van der Waals surface area contributed by atoms with Crippen molar-refractivity contribution in [1.29, 1.82) is 0 Å². The fraction of sp³-hybridized carbons (Fsp3) is 0.438. The maximum absolute atomic E-state index is 6.10. The molecule has 1 fully saturated rings. The lowest BCUT2D eigenvalue weighted by Crippen LogP contribution is -2.42. The summed E-state index contributed by atoms with van der Waals surface area (Å²) in [5.41, 5.74) is 9.04. The van der Waals surface area contributed by atoms with Crippen molar-refractivity contribution in [3.8, 4) is 0 Å². The third kappa shape index (κ3) is 2.85. The topological polar surface area (TPSA) is 45.4 Å². The first-order valence-electron chi connectivity index (χ1n) is 7.31. The van der Waals surface area contributed by atoms with Crippen LogP contribution in [0.1, 0.15) is 12.8 Å². The van der Waals surface area contributed by atoms with Crippen LogP contribution in [-0.2, 0) is 0 Å². The van der Waals surface area contributed by atoms with Gasteiger partial charge in [0.2, 0.25) is 0 Å². The van der Waals surface area contributed by atoms with E-state index in [2.05, 4.69) is 50.9 Å². The number of aromatic nitrogens is 1. The van der Waals surface area contributed by atoms with Gasteiger partial charge < -0.3 is 15.5 Å². The number of likely N-dealkylation sites (tertiary alicyclic amines) is 1. The van der Waals surface area contributed by atoms with Gasteiger partial charge in [0.25, 0.3) is 0 Å². The van der Waals surface area contributed by atoms with Crippen molar-refractivity contribution in [2.75, 3.05) is 37.8 Å². The fourth-order valence-corrected chi connectivity index (χ4v) is 3.40. The van der Waals surface area contributed by atoms with Gasteiger partial charge in [-0.25, -0.2) is 0 Å². The summed E-state index contributed by atoms with van der Waals surface area (Å²) in [4.78, 5) is 9.35. The molecule has 21 heavy (non-hydrogen) atoms. The van der Waals surface area contributed by atoms with Crippen LogP contribution in [0.15, 0.2) is 28.9 Å². The zero-order valence-corrected chi connectivity index (χ0v) is 14.1. The average Bonchev–Trinajstić information content (AvgIpc) is 2.48. The molecule has 0 atom stereocenters. The predicted octanol–water partition coefficient (Wildman–Crippen LogP) is 3.11. The van der Waals surface area contributed by atoms with E-state index in [9.17, 15) is 0 Å². The van der Waals surface area contributed by atoms with Gasteiger partial charge in [-0.3, -0.25) is 4.98 Å². The third-order valence-corrected chi connectivity index (χ3v) is 4.88. The van der Waals surface area contributed by atoms with E-state index in [1.807, 2.05) is 18.3 Å². The highest BCUT2D eigenvalue weighted by Crippen LogP contribution is 2.32. The zero-order chi connectivity index (χ0) is 15.0. The highest BCUT2D eigenvalue weighted by molar-refractivity contribution is 9.10. The molecular weight excluding hydrogens is 328 g/mol. The van der Waals surface area contributed by atoms with Crippen LogP contribution in [0.25, 0.3) is 10.9 Å². The van der Waals surface area contributed by atoms with Crippen LogP contribution < -0.4 is 10.6 Å². The second kappa shape index (κ2) is 5.81. The van der Waals surface area contributed by atoms with Crippen molar-refractivity contribution < 1.29 is 0 Å². The summed E-state index contributed by atoms with van der Waals surface area (Å²) >= 11 is 3.47. The van der Waals surface area contributed by atoms with Crippen molar-refractivity contribution >= 4 is 38.2 Å². The molecule has 1 saturated heterocycles. The van der Waals surface area contributed by atoms with Crippen LogP contribution in [-0.4, -0.2) is 43.1 Å². The highest BCUT2D eigenvalue weighted by Gasteiger charge is 2.22. The quantitative estimate of drug-likeness (QED) is 0.847. The SMILES string of the molecule is CN1CCC(N(C)c2ccc(N)c3cc(Br)cnc23)CC1. The Labute approximate surface area is 134 Å². The van der Waals surface area contributed by atoms with Gasteiger partial charge in [0, 0.05) is 34.8 Å². The molecule has 0 aliphatic carbocycles. The molecule has 0 radical (unpaired) electrons. The predicted molar refractivity (Wildman–Crippen MR) is 92.8 cm³/mol. The van der Waals surface area contributed by atoms with E-state index in [1.165, 1.54) is 18.5 Å². The first-order valence-corrected chi connectivity index (χ1v) is 8.10. The number of piperidine rings is 1. The van der Waals surface area contributed by atoms with Gasteiger partial charge in [0.15, 0.2) is 0 Å². The van der Waals surface area contributed by atoms with Gasteiger partial charge >= 0.3 is 0 Å². The summed E-state index contributed by atoms with van der Waals surface area (Å²) in [6.07, 6.45) is 4.22. The van der Waals surface area contributed by atoms with Crippen molar-refractivity contribution in [1.82, 2.24) is 9.88 Å². The molecule has 3 rings (SSSR count). The minimum atomic E-state index is 0.568. The molecule has 112 valence electrons. The molecule has 2 N–H and O–H groups in total. The molecule has 0 saturated carbocycles. The average molecular weight is 349 g/mol. The monoisotopic (exact) mass is 348 g/mol. The van der Waals surface area contributed by atoms with Crippen molar-refractivity contribution in [2.45, 2.75) is 18.9 Å². The summed E-state index contributed by atoms with van der Waals surface area (Å²) in [5.74, 6) is 0.